The number of unbranched alkanes of at least 4 members (excludes halogenated alkanes) is 1. The molecular weight excluding hydrogens is 678 g/mol. The van der Waals surface area contributed by atoms with Gasteiger partial charge >= 0.3 is 12.2 Å². The third kappa shape index (κ3) is 8.08. The fourth-order valence-electron chi connectivity index (χ4n) is 7.19. The van der Waals surface area contributed by atoms with Crippen molar-refractivity contribution in [2.75, 3.05) is 19.7 Å². The van der Waals surface area contributed by atoms with E-state index in [9.17, 15) is 32.4 Å². The zero-order chi connectivity index (χ0) is 36.3. The molecule has 4 heterocycles. The van der Waals surface area contributed by atoms with Gasteiger partial charge in [-0.2, -0.15) is 0 Å². The van der Waals surface area contributed by atoms with Gasteiger partial charge in [-0.05, 0) is 61.6 Å². The van der Waals surface area contributed by atoms with Gasteiger partial charge in [-0.25, -0.2) is 18.0 Å². The molecule has 6 aliphatic rings. The Labute approximate surface area is 298 Å². The lowest BCUT2D eigenvalue weighted by Crippen LogP contribution is -2.58. The Morgan fingerprint density at radius 2 is 2.00 bits per heavy atom. The summed E-state index contributed by atoms with van der Waals surface area (Å²) in [4.78, 5) is 71.0. The van der Waals surface area contributed by atoms with E-state index < -0.39 is 74.8 Å². The van der Waals surface area contributed by atoms with Crippen LogP contribution in [0.2, 0.25) is 0 Å². The molecule has 15 heteroatoms. The highest BCUT2D eigenvalue weighted by Crippen LogP contribution is 2.45. The molecule has 1 aromatic rings. The number of hydrogen-bond acceptors (Lipinski definition) is 9. The molecule has 5 atom stereocenters. The van der Waals surface area contributed by atoms with E-state index in [0.717, 1.165) is 23.1 Å². The Kier molecular flexibility index (Phi) is 10.7. The zero-order valence-electron chi connectivity index (χ0n) is 28.9. The van der Waals surface area contributed by atoms with Crippen molar-refractivity contribution < 1.29 is 41.9 Å². The highest BCUT2D eigenvalue weighted by Gasteiger charge is 2.62. The Balaban J connectivity index is 1.26. The number of allylic oxidation sites excluding steroid dienone is 1. The SMILES string of the molecule is C=C[C@@H]1C[C@]1(NC(=O)[C@@H]1C[C@@H]2CN1C(=O)[C@H](CCCC)NC(=O)OCCC/C=C/c1cccc3c1CCN(C3)C(=O)O2)C(=O)NS(=O)(=O)C1CC1. The van der Waals surface area contributed by atoms with Gasteiger partial charge in [-0.3, -0.25) is 19.1 Å². The Morgan fingerprint density at radius 3 is 2.73 bits per heavy atom. The molecule has 0 radical (unpaired) electrons. The van der Waals surface area contributed by atoms with Crippen molar-refractivity contribution >= 4 is 46.0 Å². The summed E-state index contributed by atoms with van der Waals surface area (Å²) in [6.07, 6.45) is 7.80. The van der Waals surface area contributed by atoms with Gasteiger partial charge in [0.15, 0.2) is 0 Å². The maximum Gasteiger partial charge on any atom is 0.410 e. The molecule has 0 spiro atoms. The molecule has 2 aliphatic carbocycles. The molecule has 0 aromatic heterocycles. The highest BCUT2D eigenvalue weighted by molar-refractivity contribution is 7.91. The Morgan fingerprint density at radius 1 is 1.20 bits per heavy atom. The first-order valence-electron chi connectivity index (χ1n) is 17.9. The van der Waals surface area contributed by atoms with Gasteiger partial charge in [0.25, 0.3) is 5.91 Å². The predicted molar refractivity (Wildman–Crippen MR) is 186 cm³/mol. The van der Waals surface area contributed by atoms with Gasteiger partial charge in [-0.1, -0.05) is 56.2 Å². The molecule has 3 N–H and O–H groups in total. The van der Waals surface area contributed by atoms with Gasteiger partial charge < -0.3 is 29.9 Å². The minimum Gasteiger partial charge on any atom is -0.450 e. The molecule has 5 amide bonds. The number of rotatable bonds is 9. The van der Waals surface area contributed by atoms with E-state index in [-0.39, 0.29) is 32.4 Å². The average molecular weight is 726 g/mol. The standard InChI is InChI=1S/C36H47N5O9S/c1-3-5-13-29-32(43)41-22-26(19-30(41)31(42)38-36(20-25(36)4-2)33(44)39-51(47,48)27-14-15-27)50-35(46)40-17-16-28-23(11-9-12-24(28)21-40)10-7-6-8-18-49-34(45)37-29/h4,7,9-12,25-27,29-30H,2-3,5-6,8,13-22H2,1H3,(H,37,45)(H,38,42)(H,39,44)/b10-7+/t25-,26-,29+,30+,36-/m1/s1. The van der Waals surface area contributed by atoms with E-state index in [1.54, 1.807) is 4.90 Å². The van der Waals surface area contributed by atoms with Crippen molar-refractivity contribution in [2.24, 2.45) is 5.92 Å². The van der Waals surface area contributed by atoms with Crippen molar-refractivity contribution in [1.82, 2.24) is 25.2 Å². The van der Waals surface area contributed by atoms with E-state index in [4.69, 9.17) is 9.47 Å². The van der Waals surface area contributed by atoms with Crippen LogP contribution >= 0.6 is 0 Å². The fourth-order valence-corrected chi connectivity index (χ4v) is 8.55. The number of carbonyl (C=O) groups is 5. The van der Waals surface area contributed by atoms with Crippen LogP contribution in [0.15, 0.2) is 36.9 Å². The first kappa shape index (κ1) is 36.4. The van der Waals surface area contributed by atoms with E-state index in [2.05, 4.69) is 21.9 Å². The number of ether oxygens (including phenoxy) is 2. The van der Waals surface area contributed by atoms with E-state index in [1.165, 1.54) is 11.0 Å². The molecule has 14 nitrogen and oxygen atoms in total. The number of benzene rings is 1. The average Bonchev–Trinajstić information content (AvgIpc) is 4.04. The second-order valence-electron chi connectivity index (χ2n) is 14.1. The maximum absolute atomic E-state index is 14.2. The summed E-state index contributed by atoms with van der Waals surface area (Å²) < 4.78 is 38.8. The minimum atomic E-state index is -3.90. The molecule has 1 saturated heterocycles. The Bertz CT molecular complexity index is 1710. The van der Waals surface area contributed by atoms with Crippen molar-refractivity contribution in [3.8, 4) is 0 Å². The fraction of sp³-hybridized carbons (Fsp3) is 0.583. The van der Waals surface area contributed by atoms with Crippen LogP contribution in [-0.4, -0.2) is 96.8 Å². The molecule has 0 unspecified atom stereocenters. The molecule has 7 rings (SSSR count). The summed E-state index contributed by atoms with van der Waals surface area (Å²) in [5.74, 6) is -2.64. The van der Waals surface area contributed by atoms with Gasteiger partial charge in [0.05, 0.1) is 18.4 Å². The van der Waals surface area contributed by atoms with Crippen LogP contribution in [0.1, 0.15) is 81.4 Å². The first-order chi connectivity index (χ1) is 24.5. The zero-order valence-corrected chi connectivity index (χ0v) is 29.8. The summed E-state index contributed by atoms with van der Waals surface area (Å²) in [5.41, 5.74) is 1.66. The summed E-state index contributed by atoms with van der Waals surface area (Å²) >= 11 is 0. The smallest absolute Gasteiger partial charge is 0.410 e. The van der Waals surface area contributed by atoms with Crippen molar-refractivity contribution in [3.63, 3.8) is 0 Å². The molecule has 276 valence electrons. The third-order valence-corrected chi connectivity index (χ3v) is 12.2. The van der Waals surface area contributed by atoms with Crippen LogP contribution in [0.3, 0.4) is 0 Å². The van der Waals surface area contributed by atoms with Gasteiger partial charge in [0.2, 0.25) is 21.8 Å². The predicted octanol–water partition coefficient (Wildman–Crippen LogP) is 2.91. The lowest BCUT2D eigenvalue weighted by molar-refractivity contribution is -0.141. The molecule has 3 fully saturated rings. The number of sulfonamides is 1. The second-order valence-corrected chi connectivity index (χ2v) is 16.1. The minimum absolute atomic E-state index is 0.0650. The summed E-state index contributed by atoms with van der Waals surface area (Å²) in [6.45, 7) is 6.49. The van der Waals surface area contributed by atoms with Crippen molar-refractivity contribution in [3.05, 3.63) is 53.6 Å². The molecular formula is C36H47N5O9S. The van der Waals surface area contributed by atoms with Gasteiger partial charge in [0, 0.05) is 25.4 Å². The molecule has 6 bridgehead atoms. The number of nitrogens with zero attached hydrogens (tertiary/aromatic N) is 2. The number of carbonyl (C=O) groups excluding carboxylic acids is 5. The number of fused-ring (bicyclic) bond motifs is 10. The van der Waals surface area contributed by atoms with E-state index >= 15 is 0 Å². The van der Waals surface area contributed by atoms with E-state index in [0.29, 0.717) is 51.6 Å². The topological polar surface area (TPSA) is 181 Å². The molecule has 2 saturated carbocycles. The lowest BCUT2D eigenvalue weighted by atomic mass is 9.94. The number of nitrogens with one attached hydrogen (secondary N) is 3. The van der Waals surface area contributed by atoms with Crippen LogP contribution < -0.4 is 15.4 Å². The van der Waals surface area contributed by atoms with E-state index in [1.807, 2.05) is 37.3 Å². The second kappa shape index (κ2) is 15.1. The molecule has 51 heavy (non-hydrogen) atoms. The normalized spacial score (nSPS) is 28.9. The monoisotopic (exact) mass is 725 g/mol. The number of amides is 5. The number of hydrogen-bond donors (Lipinski definition) is 3. The van der Waals surface area contributed by atoms with Gasteiger partial charge in [-0.15, -0.1) is 6.58 Å². The van der Waals surface area contributed by atoms with Crippen molar-refractivity contribution in [2.45, 2.75) is 107 Å². The van der Waals surface area contributed by atoms with Crippen LogP contribution in [0.5, 0.6) is 0 Å². The van der Waals surface area contributed by atoms with Gasteiger partial charge in [0.1, 0.15) is 23.7 Å². The highest BCUT2D eigenvalue weighted by atomic mass is 32.2. The van der Waals surface area contributed by atoms with Crippen LogP contribution in [0.25, 0.3) is 6.08 Å². The van der Waals surface area contributed by atoms with Crippen molar-refractivity contribution in [1.29, 1.82) is 0 Å². The third-order valence-electron chi connectivity index (χ3n) is 10.4. The quantitative estimate of drug-likeness (QED) is 0.323. The summed E-state index contributed by atoms with van der Waals surface area (Å²) in [7, 11) is -3.90. The maximum atomic E-state index is 14.2. The van der Waals surface area contributed by atoms with Crippen LogP contribution in [0.4, 0.5) is 9.59 Å². The molecule has 1 aromatic carbocycles. The summed E-state index contributed by atoms with van der Waals surface area (Å²) in [5, 5.41) is 4.78. The van der Waals surface area contributed by atoms with Crippen LogP contribution in [-0.2, 0) is 46.8 Å². The number of alkyl carbamates (subject to hydrolysis) is 1. The lowest BCUT2D eigenvalue weighted by Gasteiger charge is -2.30. The summed E-state index contributed by atoms with van der Waals surface area (Å²) in [6, 6.07) is 3.74. The van der Waals surface area contributed by atoms with Crippen LogP contribution in [0, 0.1) is 5.92 Å². The Hall–Kier alpha value is -4.40. The molecule has 4 aliphatic heterocycles. The first-order valence-corrected chi connectivity index (χ1v) is 19.5. The largest absolute Gasteiger partial charge is 0.450 e.